The van der Waals surface area contributed by atoms with E-state index in [0.29, 0.717) is 24.4 Å². The number of amides is 1. The highest BCUT2D eigenvalue weighted by atomic mass is 35.5. The Kier molecular flexibility index (Phi) is 6.08. The number of hydrogen-bond acceptors (Lipinski definition) is 2. The summed E-state index contributed by atoms with van der Waals surface area (Å²) in [5.74, 6) is 0.891. The Morgan fingerprint density at radius 3 is 2.58 bits per heavy atom. The number of rotatable bonds is 7. The highest BCUT2D eigenvalue weighted by molar-refractivity contribution is 6.31. The van der Waals surface area contributed by atoms with E-state index in [1.807, 2.05) is 72.4 Å². The van der Waals surface area contributed by atoms with Gasteiger partial charge in [-0.15, -0.1) is 0 Å². The zero-order valence-electron chi connectivity index (χ0n) is 14.7. The first-order valence-corrected chi connectivity index (χ1v) is 9.05. The normalized spacial score (nSPS) is 11.9. The van der Waals surface area contributed by atoms with Gasteiger partial charge in [0.1, 0.15) is 5.82 Å². The lowest BCUT2D eigenvalue weighted by molar-refractivity contribution is -0.121. The number of halogens is 1. The maximum absolute atomic E-state index is 12.5. The summed E-state index contributed by atoms with van der Waals surface area (Å²) in [6.45, 7) is 0.563. The second-order valence-electron chi connectivity index (χ2n) is 6.24. The Balaban J connectivity index is 1.69. The summed E-state index contributed by atoms with van der Waals surface area (Å²) in [7, 11) is 1.95. The van der Waals surface area contributed by atoms with E-state index in [4.69, 9.17) is 11.6 Å². The molecule has 0 saturated carbocycles. The number of aryl methyl sites for hydroxylation is 1. The van der Waals surface area contributed by atoms with Crippen LogP contribution in [0.15, 0.2) is 67.0 Å². The fourth-order valence-corrected chi connectivity index (χ4v) is 3.33. The highest BCUT2D eigenvalue weighted by Crippen LogP contribution is 2.32. The van der Waals surface area contributed by atoms with Crippen LogP contribution in [0.3, 0.4) is 0 Å². The molecule has 0 fully saturated rings. The van der Waals surface area contributed by atoms with Gasteiger partial charge in [-0.2, -0.15) is 0 Å². The smallest absolute Gasteiger partial charge is 0.220 e. The average molecular weight is 368 g/mol. The molecule has 0 radical (unpaired) electrons. The molecule has 26 heavy (non-hydrogen) atoms. The molecular formula is C21H22ClN3O. The molecule has 1 heterocycles. The van der Waals surface area contributed by atoms with Crippen LogP contribution < -0.4 is 5.32 Å². The summed E-state index contributed by atoms with van der Waals surface area (Å²) >= 11 is 6.40. The number of carbonyl (C=O) groups excluding carboxylic acids is 1. The molecule has 0 aliphatic heterocycles. The second kappa shape index (κ2) is 8.68. The van der Waals surface area contributed by atoms with E-state index in [0.717, 1.165) is 17.0 Å². The Morgan fingerprint density at radius 1 is 1.15 bits per heavy atom. The number of nitrogens with one attached hydrogen (secondary N) is 1. The molecule has 5 heteroatoms. The number of hydrogen-bond donors (Lipinski definition) is 1. The minimum atomic E-state index is -0.0712. The van der Waals surface area contributed by atoms with E-state index in [1.165, 1.54) is 0 Å². The van der Waals surface area contributed by atoms with Gasteiger partial charge in [0.05, 0.1) is 0 Å². The van der Waals surface area contributed by atoms with E-state index >= 15 is 0 Å². The maximum atomic E-state index is 12.5. The van der Waals surface area contributed by atoms with Crippen molar-refractivity contribution in [2.45, 2.75) is 18.8 Å². The zero-order valence-corrected chi connectivity index (χ0v) is 15.5. The van der Waals surface area contributed by atoms with Crippen LogP contribution in [0.2, 0.25) is 5.02 Å². The van der Waals surface area contributed by atoms with Crippen LogP contribution in [0.4, 0.5) is 0 Å². The molecule has 134 valence electrons. The summed E-state index contributed by atoms with van der Waals surface area (Å²) in [5.41, 5.74) is 2.06. The van der Waals surface area contributed by atoms with Crippen molar-refractivity contribution in [1.29, 1.82) is 0 Å². The number of benzene rings is 2. The largest absolute Gasteiger partial charge is 0.356 e. The first kappa shape index (κ1) is 18.2. The molecule has 3 aromatic rings. The van der Waals surface area contributed by atoms with Gasteiger partial charge >= 0.3 is 0 Å². The summed E-state index contributed by atoms with van der Waals surface area (Å²) in [6, 6.07) is 17.7. The van der Waals surface area contributed by atoms with Crippen LogP contribution in [0.1, 0.15) is 29.3 Å². The van der Waals surface area contributed by atoms with Gasteiger partial charge in [-0.05, 0) is 17.2 Å². The zero-order chi connectivity index (χ0) is 18.4. The van der Waals surface area contributed by atoms with Gasteiger partial charge in [-0.1, -0.05) is 60.1 Å². The minimum Gasteiger partial charge on any atom is -0.356 e. The van der Waals surface area contributed by atoms with Crippen LogP contribution in [0.5, 0.6) is 0 Å². The Hall–Kier alpha value is -2.59. The molecule has 3 rings (SSSR count). The predicted molar refractivity (Wildman–Crippen MR) is 104 cm³/mol. The van der Waals surface area contributed by atoms with Gasteiger partial charge in [-0.25, -0.2) is 4.98 Å². The van der Waals surface area contributed by atoms with Crippen molar-refractivity contribution >= 4 is 17.5 Å². The Morgan fingerprint density at radius 2 is 1.88 bits per heavy atom. The van der Waals surface area contributed by atoms with Crippen LogP contribution in [-0.2, 0) is 18.3 Å². The van der Waals surface area contributed by atoms with Crippen LogP contribution in [-0.4, -0.2) is 22.0 Å². The Bertz CT molecular complexity index is 860. The maximum Gasteiger partial charge on any atom is 0.220 e. The second-order valence-corrected chi connectivity index (χ2v) is 6.65. The molecule has 0 aliphatic carbocycles. The molecular weight excluding hydrogens is 346 g/mol. The van der Waals surface area contributed by atoms with Crippen LogP contribution in [0.25, 0.3) is 0 Å². The summed E-state index contributed by atoms with van der Waals surface area (Å²) in [5, 5.41) is 3.68. The lowest BCUT2D eigenvalue weighted by Crippen LogP contribution is -2.28. The van der Waals surface area contributed by atoms with Crippen molar-refractivity contribution < 1.29 is 4.79 Å². The van der Waals surface area contributed by atoms with Gasteiger partial charge in [0.2, 0.25) is 5.91 Å². The van der Waals surface area contributed by atoms with Crippen molar-refractivity contribution in [3.05, 3.63) is 89.0 Å². The Labute approximate surface area is 158 Å². The molecule has 0 spiro atoms. The third-order valence-electron chi connectivity index (χ3n) is 4.46. The lowest BCUT2D eigenvalue weighted by atomic mass is 9.88. The molecule has 1 amide bonds. The van der Waals surface area contributed by atoms with Gasteiger partial charge < -0.3 is 9.88 Å². The van der Waals surface area contributed by atoms with Crippen LogP contribution >= 0.6 is 11.6 Å². The molecule has 0 unspecified atom stereocenters. The van der Waals surface area contributed by atoms with Crippen LogP contribution in [0, 0.1) is 0 Å². The molecule has 2 aromatic carbocycles. The number of nitrogens with zero attached hydrogens (tertiary/aromatic N) is 2. The van der Waals surface area contributed by atoms with Crippen molar-refractivity contribution in [2.75, 3.05) is 6.54 Å². The highest BCUT2D eigenvalue weighted by Gasteiger charge is 2.20. The minimum absolute atomic E-state index is 0.00739. The van der Waals surface area contributed by atoms with Crippen molar-refractivity contribution in [2.24, 2.45) is 7.05 Å². The quantitative estimate of drug-likeness (QED) is 0.687. The monoisotopic (exact) mass is 367 g/mol. The van der Waals surface area contributed by atoms with Crippen molar-refractivity contribution in [3.8, 4) is 0 Å². The van der Waals surface area contributed by atoms with E-state index in [2.05, 4.69) is 10.3 Å². The fraction of sp³-hybridized carbons (Fsp3) is 0.238. The molecule has 1 atom stereocenters. The van der Waals surface area contributed by atoms with Crippen molar-refractivity contribution in [1.82, 2.24) is 14.9 Å². The van der Waals surface area contributed by atoms with Gasteiger partial charge in [0.25, 0.3) is 0 Å². The van der Waals surface area contributed by atoms with E-state index < -0.39 is 0 Å². The number of aromatic nitrogens is 2. The molecule has 1 aromatic heterocycles. The van der Waals surface area contributed by atoms with E-state index in [9.17, 15) is 4.79 Å². The first-order chi connectivity index (χ1) is 12.6. The SMILES string of the molecule is Cn1ccnc1CCNC(=O)C[C@@H](c1ccccc1)c1ccccc1Cl. The first-order valence-electron chi connectivity index (χ1n) is 8.67. The molecule has 0 saturated heterocycles. The summed E-state index contributed by atoms with van der Waals surface area (Å²) in [6.07, 6.45) is 4.73. The van der Waals surface area contributed by atoms with Gasteiger partial charge in [-0.3, -0.25) is 4.79 Å². The predicted octanol–water partition coefficient (Wildman–Crippen LogP) is 3.95. The fourth-order valence-electron chi connectivity index (χ4n) is 3.06. The number of imidazole rings is 1. The van der Waals surface area contributed by atoms with Gasteiger partial charge in [0, 0.05) is 49.8 Å². The standard InChI is InChI=1S/C21H22ClN3O/c1-25-14-13-23-20(25)11-12-24-21(26)15-18(16-7-3-2-4-8-16)17-9-5-6-10-19(17)22/h2-10,13-14,18H,11-12,15H2,1H3,(H,24,26)/t18-/m0/s1. The lowest BCUT2D eigenvalue weighted by Gasteiger charge is -2.19. The third kappa shape index (κ3) is 4.52. The molecule has 0 aliphatic rings. The molecule has 0 bridgehead atoms. The topological polar surface area (TPSA) is 46.9 Å². The average Bonchev–Trinajstić information content (AvgIpc) is 3.06. The molecule has 1 N–H and O–H groups in total. The van der Waals surface area contributed by atoms with Crippen molar-refractivity contribution in [3.63, 3.8) is 0 Å². The van der Waals surface area contributed by atoms with E-state index in [-0.39, 0.29) is 11.8 Å². The molecule has 4 nitrogen and oxygen atoms in total. The van der Waals surface area contributed by atoms with Gasteiger partial charge in [0.15, 0.2) is 0 Å². The van der Waals surface area contributed by atoms with E-state index in [1.54, 1.807) is 6.20 Å². The number of carbonyl (C=O) groups is 1. The third-order valence-corrected chi connectivity index (χ3v) is 4.81. The summed E-state index contributed by atoms with van der Waals surface area (Å²) < 4.78 is 1.96. The summed E-state index contributed by atoms with van der Waals surface area (Å²) in [4.78, 5) is 16.8.